The van der Waals surface area contributed by atoms with Crippen LogP contribution >= 0.6 is 0 Å². The SMILES string of the molecule is COC(=O)CCc1cc2c(cc1F)B(O)OC2. The summed E-state index contributed by atoms with van der Waals surface area (Å²) in [5, 5.41) is 9.39. The molecule has 17 heavy (non-hydrogen) atoms. The lowest BCUT2D eigenvalue weighted by atomic mass is 9.79. The fraction of sp³-hybridized carbons (Fsp3) is 0.364. The van der Waals surface area contributed by atoms with Crippen LogP contribution in [0.4, 0.5) is 4.39 Å². The first kappa shape index (κ1) is 12.1. The fourth-order valence-corrected chi connectivity index (χ4v) is 1.83. The van der Waals surface area contributed by atoms with E-state index in [0.717, 1.165) is 5.56 Å². The summed E-state index contributed by atoms with van der Waals surface area (Å²) in [5.74, 6) is -0.807. The maximum Gasteiger partial charge on any atom is 0.491 e. The van der Waals surface area contributed by atoms with Crippen molar-refractivity contribution in [1.29, 1.82) is 0 Å². The van der Waals surface area contributed by atoms with Gasteiger partial charge < -0.3 is 14.4 Å². The lowest BCUT2D eigenvalue weighted by Crippen LogP contribution is -2.28. The Bertz CT molecular complexity index is 449. The molecule has 1 aromatic carbocycles. The Labute approximate surface area is 98.5 Å². The van der Waals surface area contributed by atoms with Crippen molar-refractivity contribution in [3.63, 3.8) is 0 Å². The molecule has 6 heteroatoms. The van der Waals surface area contributed by atoms with Gasteiger partial charge in [-0.25, -0.2) is 4.39 Å². The van der Waals surface area contributed by atoms with Gasteiger partial charge in [0, 0.05) is 6.42 Å². The zero-order chi connectivity index (χ0) is 12.4. The molecule has 90 valence electrons. The highest BCUT2D eigenvalue weighted by atomic mass is 19.1. The molecule has 1 aliphatic rings. The highest BCUT2D eigenvalue weighted by molar-refractivity contribution is 6.61. The number of esters is 1. The Kier molecular flexibility index (Phi) is 3.45. The van der Waals surface area contributed by atoms with E-state index in [0.29, 0.717) is 11.0 Å². The van der Waals surface area contributed by atoms with Crippen molar-refractivity contribution in [2.45, 2.75) is 19.4 Å². The predicted molar refractivity (Wildman–Crippen MR) is 59.1 cm³/mol. The van der Waals surface area contributed by atoms with Crippen molar-refractivity contribution < 1.29 is 23.6 Å². The molecule has 0 fully saturated rings. The van der Waals surface area contributed by atoms with E-state index in [9.17, 15) is 14.2 Å². The first-order valence-corrected chi connectivity index (χ1v) is 5.29. The van der Waals surface area contributed by atoms with E-state index < -0.39 is 12.9 Å². The lowest BCUT2D eigenvalue weighted by Gasteiger charge is -2.05. The van der Waals surface area contributed by atoms with Crippen LogP contribution in [0.1, 0.15) is 17.5 Å². The molecule has 0 atom stereocenters. The molecule has 0 saturated carbocycles. The molecule has 0 bridgehead atoms. The van der Waals surface area contributed by atoms with E-state index in [2.05, 4.69) is 4.74 Å². The molecular formula is C11H12BFO4. The number of hydrogen-bond acceptors (Lipinski definition) is 4. The second-order valence-electron chi connectivity index (χ2n) is 3.88. The summed E-state index contributed by atoms with van der Waals surface area (Å²) < 4.78 is 23.1. The highest BCUT2D eigenvalue weighted by Gasteiger charge is 2.28. The van der Waals surface area contributed by atoms with Crippen LogP contribution in [-0.2, 0) is 27.2 Å². The van der Waals surface area contributed by atoms with E-state index >= 15 is 0 Å². The number of rotatable bonds is 3. The third-order valence-electron chi connectivity index (χ3n) is 2.80. The van der Waals surface area contributed by atoms with Gasteiger partial charge in [-0.1, -0.05) is 6.07 Å². The monoisotopic (exact) mass is 238 g/mol. The van der Waals surface area contributed by atoms with Gasteiger partial charge in [0.1, 0.15) is 5.82 Å². The summed E-state index contributed by atoms with van der Waals surface area (Å²) in [4.78, 5) is 11.0. The number of halogens is 1. The van der Waals surface area contributed by atoms with Crippen LogP contribution in [0.15, 0.2) is 12.1 Å². The Morgan fingerprint density at radius 2 is 2.41 bits per heavy atom. The smallest absolute Gasteiger partial charge is 0.469 e. The molecule has 0 spiro atoms. The van der Waals surface area contributed by atoms with Gasteiger partial charge >= 0.3 is 13.1 Å². The molecule has 0 amide bonds. The van der Waals surface area contributed by atoms with Gasteiger partial charge in [-0.3, -0.25) is 4.79 Å². The molecule has 4 nitrogen and oxygen atoms in total. The van der Waals surface area contributed by atoms with Crippen LogP contribution in [-0.4, -0.2) is 25.2 Å². The van der Waals surface area contributed by atoms with Crippen LogP contribution in [0.3, 0.4) is 0 Å². The minimum atomic E-state index is -1.05. The molecule has 1 N–H and O–H groups in total. The first-order chi connectivity index (χ1) is 8.11. The van der Waals surface area contributed by atoms with Gasteiger partial charge in [-0.15, -0.1) is 0 Å². The van der Waals surface area contributed by atoms with Crippen LogP contribution in [0, 0.1) is 5.82 Å². The lowest BCUT2D eigenvalue weighted by molar-refractivity contribution is -0.140. The third-order valence-corrected chi connectivity index (χ3v) is 2.80. The van der Waals surface area contributed by atoms with E-state index in [1.807, 2.05) is 0 Å². The highest BCUT2D eigenvalue weighted by Crippen LogP contribution is 2.16. The van der Waals surface area contributed by atoms with E-state index in [1.165, 1.54) is 13.2 Å². The number of carbonyl (C=O) groups is 1. The number of carbonyl (C=O) groups excluding carboxylic acids is 1. The Morgan fingerprint density at radius 3 is 3.12 bits per heavy atom. The van der Waals surface area contributed by atoms with Crippen LogP contribution < -0.4 is 5.46 Å². The van der Waals surface area contributed by atoms with Gasteiger partial charge in [0.25, 0.3) is 0 Å². The minimum absolute atomic E-state index is 0.135. The normalized spacial score (nSPS) is 13.7. The molecular weight excluding hydrogens is 226 g/mol. The maximum atomic E-state index is 13.7. The van der Waals surface area contributed by atoms with Crippen molar-refractivity contribution in [1.82, 2.24) is 0 Å². The molecule has 1 aromatic rings. The van der Waals surface area contributed by atoms with Gasteiger partial charge in [0.2, 0.25) is 0 Å². The molecule has 0 aromatic heterocycles. The summed E-state index contributed by atoms with van der Waals surface area (Å²) >= 11 is 0. The number of methoxy groups -OCH3 is 1. The zero-order valence-corrected chi connectivity index (χ0v) is 9.40. The average molecular weight is 238 g/mol. The molecule has 2 rings (SSSR count). The third kappa shape index (κ3) is 2.48. The van der Waals surface area contributed by atoms with Crippen LogP contribution in [0.2, 0.25) is 0 Å². The number of benzene rings is 1. The number of hydrogen-bond donors (Lipinski definition) is 1. The van der Waals surface area contributed by atoms with Gasteiger partial charge in [0.15, 0.2) is 0 Å². The maximum absolute atomic E-state index is 13.7. The standard InChI is InChI=1S/C11H12BFO4/c1-16-11(14)3-2-7-4-8-6-17-12(15)9(8)5-10(7)13/h4-5,15H,2-3,6H2,1H3. The Balaban J connectivity index is 2.16. The molecule has 1 aliphatic heterocycles. The minimum Gasteiger partial charge on any atom is -0.469 e. The van der Waals surface area contributed by atoms with Crippen molar-refractivity contribution >= 4 is 18.6 Å². The van der Waals surface area contributed by atoms with E-state index in [4.69, 9.17) is 4.65 Å². The van der Waals surface area contributed by atoms with Gasteiger partial charge in [0.05, 0.1) is 13.7 Å². The van der Waals surface area contributed by atoms with Gasteiger partial charge in [-0.05, 0) is 29.1 Å². The average Bonchev–Trinajstić information content (AvgIpc) is 2.67. The number of aryl methyl sites for hydroxylation is 1. The summed E-state index contributed by atoms with van der Waals surface area (Å²) in [6.45, 7) is 0.266. The molecule has 0 unspecified atom stereocenters. The second-order valence-corrected chi connectivity index (χ2v) is 3.88. The quantitative estimate of drug-likeness (QED) is 0.601. The topological polar surface area (TPSA) is 55.8 Å². The van der Waals surface area contributed by atoms with Crippen molar-refractivity contribution in [3.05, 3.63) is 29.1 Å². The molecule has 1 heterocycles. The van der Waals surface area contributed by atoms with Crippen LogP contribution in [0.5, 0.6) is 0 Å². The summed E-state index contributed by atoms with van der Waals surface area (Å²) in [7, 11) is 0.250. The van der Waals surface area contributed by atoms with E-state index in [-0.39, 0.29) is 25.4 Å². The summed E-state index contributed by atoms with van der Waals surface area (Å²) in [6, 6.07) is 2.89. The number of fused-ring (bicyclic) bond motifs is 1. The second kappa shape index (κ2) is 4.85. The first-order valence-electron chi connectivity index (χ1n) is 5.29. The predicted octanol–water partition coefficient (Wildman–Crippen LogP) is 0.149. The largest absolute Gasteiger partial charge is 0.491 e. The fourth-order valence-electron chi connectivity index (χ4n) is 1.83. The zero-order valence-electron chi connectivity index (χ0n) is 9.40. The molecule has 0 aliphatic carbocycles. The molecule has 0 saturated heterocycles. The van der Waals surface area contributed by atoms with Crippen LogP contribution in [0.25, 0.3) is 0 Å². The van der Waals surface area contributed by atoms with Gasteiger partial charge in [-0.2, -0.15) is 0 Å². The Morgan fingerprint density at radius 1 is 1.65 bits per heavy atom. The van der Waals surface area contributed by atoms with Crippen molar-refractivity contribution in [2.75, 3.05) is 7.11 Å². The number of ether oxygens (including phenoxy) is 1. The van der Waals surface area contributed by atoms with E-state index in [1.54, 1.807) is 6.07 Å². The Hall–Kier alpha value is -1.40. The van der Waals surface area contributed by atoms with Crippen molar-refractivity contribution in [2.24, 2.45) is 0 Å². The molecule has 0 radical (unpaired) electrons. The summed E-state index contributed by atoms with van der Waals surface area (Å²) in [6.07, 6.45) is 0.414. The van der Waals surface area contributed by atoms with Crippen molar-refractivity contribution in [3.8, 4) is 0 Å². The summed E-state index contributed by atoms with van der Waals surface area (Å²) in [5.41, 5.74) is 1.66.